The summed E-state index contributed by atoms with van der Waals surface area (Å²) in [4.78, 5) is 32.8. The minimum absolute atomic E-state index is 0.110. The van der Waals surface area contributed by atoms with E-state index in [1.54, 1.807) is 12.3 Å². The van der Waals surface area contributed by atoms with E-state index in [-0.39, 0.29) is 24.1 Å². The lowest BCUT2D eigenvalue weighted by atomic mass is 10.2. The van der Waals surface area contributed by atoms with Crippen molar-refractivity contribution < 1.29 is 9.90 Å². The van der Waals surface area contributed by atoms with Crippen LogP contribution in [-0.2, 0) is 11.2 Å². The van der Waals surface area contributed by atoms with Crippen molar-refractivity contribution in [1.29, 1.82) is 0 Å². The Hall–Kier alpha value is -2.24. The Kier molecular flexibility index (Phi) is 2.86. The van der Waals surface area contributed by atoms with Crippen molar-refractivity contribution in [2.75, 3.05) is 0 Å². The van der Waals surface area contributed by atoms with Crippen LogP contribution in [0, 0.1) is 6.92 Å². The molecule has 88 valence electrons. The number of aliphatic carboxylic acids is 1. The summed E-state index contributed by atoms with van der Waals surface area (Å²) in [5.41, 5.74) is 1.77. The Morgan fingerprint density at radius 3 is 3.00 bits per heavy atom. The van der Waals surface area contributed by atoms with Gasteiger partial charge in [-0.25, -0.2) is 9.97 Å². The van der Waals surface area contributed by atoms with Crippen LogP contribution in [0.15, 0.2) is 17.1 Å². The molecule has 0 bridgehead atoms. The smallest absolute Gasteiger partial charge is 0.303 e. The molecule has 0 aliphatic rings. The van der Waals surface area contributed by atoms with Gasteiger partial charge in [-0.3, -0.25) is 9.59 Å². The van der Waals surface area contributed by atoms with E-state index in [1.165, 1.54) is 0 Å². The third-order valence-corrected chi connectivity index (χ3v) is 2.33. The van der Waals surface area contributed by atoms with Gasteiger partial charge in [-0.15, -0.1) is 0 Å². The Labute approximate surface area is 96.3 Å². The first kappa shape index (κ1) is 11.3. The molecule has 2 aromatic heterocycles. The molecule has 2 N–H and O–H groups in total. The predicted octanol–water partition coefficient (Wildman–Crippen LogP) is 0.644. The second kappa shape index (κ2) is 4.32. The van der Waals surface area contributed by atoms with E-state index in [1.807, 2.05) is 6.92 Å². The second-order valence-electron chi connectivity index (χ2n) is 3.79. The minimum Gasteiger partial charge on any atom is -0.481 e. The molecule has 0 radical (unpaired) electrons. The number of hydrogen-bond donors (Lipinski definition) is 2. The first-order valence-electron chi connectivity index (χ1n) is 5.13. The van der Waals surface area contributed by atoms with Crippen molar-refractivity contribution in [3.63, 3.8) is 0 Å². The number of H-pyrrole nitrogens is 1. The molecule has 0 aliphatic heterocycles. The summed E-state index contributed by atoms with van der Waals surface area (Å²) in [6.07, 6.45) is 1.65. The molecular weight excluding hydrogens is 222 g/mol. The van der Waals surface area contributed by atoms with Gasteiger partial charge in [0, 0.05) is 12.6 Å². The molecule has 0 spiro atoms. The molecule has 6 heteroatoms. The number of pyridine rings is 1. The number of rotatable bonds is 3. The van der Waals surface area contributed by atoms with Gasteiger partial charge in [0.15, 0.2) is 5.65 Å². The molecular formula is C11H11N3O3. The van der Waals surface area contributed by atoms with Crippen molar-refractivity contribution in [3.05, 3.63) is 33.9 Å². The third kappa shape index (κ3) is 2.47. The Bertz CT molecular complexity index is 633. The van der Waals surface area contributed by atoms with Gasteiger partial charge in [0.1, 0.15) is 11.2 Å². The standard InChI is InChI=1S/C11H11N3O3/c1-6-4-8-10(12-5-6)14-11(17)7(13-8)2-3-9(15)16/h4-5H,2-3H2,1H3,(H,15,16)(H,12,14,17). The van der Waals surface area contributed by atoms with Crippen LogP contribution in [0.25, 0.3) is 11.2 Å². The summed E-state index contributed by atoms with van der Waals surface area (Å²) in [7, 11) is 0. The summed E-state index contributed by atoms with van der Waals surface area (Å²) in [6, 6.07) is 1.79. The number of aryl methyl sites for hydroxylation is 2. The van der Waals surface area contributed by atoms with Gasteiger partial charge in [0.25, 0.3) is 5.56 Å². The molecule has 2 aromatic rings. The first-order valence-corrected chi connectivity index (χ1v) is 5.13. The molecule has 0 saturated heterocycles. The number of nitrogens with one attached hydrogen (secondary N) is 1. The molecule has 0 atom stereocenters. The number of carboxylic acids is 1. The van der Waals surface area contributed by atoms with Crippen molar-refractivity contribution >= 4 is 17.1 Å². The summed E-state index contributed by atoms with van der Waals surface area (Å²) >= 11 is 0. The van der Waals surface area contributed by atoms with Crippen LogP contribution in [0.1, 0.15) is 17.7 Å². The maximum absolute atomic E-state index is 11.6. The molecule has 6 nitrogen and oxygen atoms in total. The van der Waals surface area contributed by atoms with E-state index in [4.69, 9.17) is 5.11 Å². The lowest BCUT2D eigenvalue weighted by Crippen LogP contribution is -2.17. The topological polar surface area (TPSA) is 95.9 Å². The monoisotopic (exact) mass is 233 g/mol. The Morgan fingerprint density at radius 2 is 2.29 bits per heavy atom. The highest BCUT2D eigenvalue weighted by Gasteiger charge is 2.07. The van der Waals surface area contributed by atoms with E-state index in [0.717, 1.165) is 5.56 Å². The summed E-state index contributed by atoms with van der Waals surface area (Å²) < 4.78 is 0. The van der Waals surface area contributed by atoms with E-state index in [0.29, 0.717) is 11.2 Å². The number of fused-ring (bicyclic) bond motifs is 1. The van der Waals surface area contributed by atoms with Gasteiger partial charge in [-0.1, -0.05) is 0 Å². The largest absolute Gasteiger partial charge is 0.481 e. The highest BCUT2D eigenvalue weighted by molar-refractivity contribution is 5.70. The van der Waals surface area contributed by atoms with E-state index in [9.17, 15) is 9.59 Å². The van der Waals surface area contributed by atoms with Crippen molar-refractivity contribution in [3.8, 4) is 0 Å². The Morgan fingerprint density at radius 1 is 1.53 bits per heavy atom. The summed E-state index contributed by atoms with van der Waals surface area (Å²) in [5.74, 6) is -0.950. The highest BCUT2D eigenvalue weighted by Crippen LogP contribution is 2.07. The maximum Gasteiger partial charge on any atom is 0.303 e. The van der Waals surface area contributed by atoms with Crippen LogP contribution in [0.3, 0.4) is 0 Å². The lowest BCUT2D eigenvalue weighted by molar-refractivity contribution is -0.136. The van der Waals surface area contributed by atoms with E-state index in [2.05, 4.69) is 15.0 Å². The molecule has 0 aromatic carbocycles. The fourth-order valence-electron chi connectivity index (χ4n) is 1.51. The van der Waals surface area contributed by atoms with Gasteiger partial charge in [-0.05, 0) is 18.6 Å². The third-order valence-electron chi connectivity index (χ3n) is 2.33. The molecule has 0 saturated carbocycles. The number of aromatic nitrogens is 3. The zero-order chi connectivity index (χ0) is 12.4. The minimum atomic E-state index is -0.950. The van der Waals surface area contributed by atoms with Crippen LogP contribution in [-0.4, -0.2) is 26.0 Å². The summed E-state index contributed by atoms with van der Waals surface area (Å²) in [5, 5.41) is 8.57. The second-order valence-corrected chi connectivity index (χ2v) is 3.79. The van der Waals surface area contributed by atoms with Crippen molar-refractivity contribution in [2.24, 2.45) is 0 Å². The van der Waals surface area contributed by atoms with Crippen molar-refractivity contribution in [2.45, 2.75) is 19.8 Å². The van der Waals surface area contributed by atoms with E-state index < -0.39 is 5.97 Å². The van der Waals surface area contributed by atoms with E-state index >= 15 is 0 Å². The molecule has 17 heavy (non-hydrogen) atoms. The summed E-state index contributed by atoms with van der Waals surface area (Å²) in [6.45, 7) is 1.87. The molecule has 0 fully saturated rings. The number of carboxylic acid groups (broad SMARTS) is 1. The predicted molar refractivity (Wildman–Crippen MR) is 60.9 cm³/mol. The average molecular weight is 233 g/mol. The van der Waals surface area contributed by atoms with Gasteiger partial charge in [-0.2, -0.15) is 0 Å². The van der Waals surface area contributed by atoms with Crippen LogP contribution < -0.4 is 5.56 Å². The van der Waals surface area contributed by atoms with Crippen LogP contribution in [0.4, 0.5) is 0 Å². The number of hydrogen-bond acceptors (Lipinski definition) is 4. The molecule has 0 unspecified atom stereocenters. The average Bonchev–Trinajstić information content (AvgIpc) is 2.26. The van der Waals surface area contributed by atoms with Crippen LogP contribution >= 0.6 is 0 Å². The lowest BCUT2D eigenvalue weighted by Gasteiger charge is -2.01. The number of aromatic amines is 1. The molecule has 0 amide bonds. The molecule has 2 rings (SSSR count). The van der Waals surface area contributed by atoms with Gasteiger partial charge >= 0.3 is 5.97 Å². The van der Waals surface area contributed by atoms with Gasteiger partial charge < -0.3 is 10.1 Å². The first-order chi connectivity index (χ1) is 8.06. The zero-order valence-electron chi connectivity index (χ0n) is 9.23. The highest BCUT2D eigenvalue weighted by atomic mass is 16.4. The number of nitrogens with zero attached hydrogens (tertiary/aromatic N) is 2. The van der Waals surface area contributed by atoms with Gasteiger partial charge in [0.2, 0.25) is 0 Å². The van der Waals surface area contributed by atoms with Crippen LogP contribution in [0.5, 0.6) is 0 Å². The quantitative estimate of drug-likeness (QED) is 0.811. The van der Waals surface area contributed by atoms with Gasteiger partial charge in [0.05, 0.1) is 6.42 Å². The van der Waals surface area contributed by atoms with Crippen LogP contribution in [0.2, 0.25) is 0 Å². The molecule has 0 aliphatic carbocycles. The fraction of sp³-hybridized carbons (Fsp3) is 0.273. The van der Waals surface area contributed by atoms with Crippen molar-refractivity contribution in [1.82, 2.24) is 15.0 Å². The maximum atomic E-state index is 11.6. The normalized spacial score (nSPS) is 10.6. The SMILES string of the molecule is Cc1cnc2[nH]c(=O)c(CCC(=O)O)nc2c1. The Balaban J connectivity index is 2.46. The zero-order valence-corrected chi connectivity index (χ0v) is 9.23. The number of carbonyl (C=O) groups is 1. The molecule has 2 heterocycles. The fourth-order valence-corrected chi connectivity index (χ4v) is 1.51.